The first kappa shape index (κ1) is 15.9. The summed E-state index contributed by atoms with van der Waals surface area (Å²) in [7, 11) is -4.25. The predicted octanol–water partition coefficient (Wildman–Crippen LogP) is 3.39. The van der Waals surface area contributed by atoms with E-state index in [-0.39, 0.29) is 11.4 Å². The van der Waals surface area contributed by atoms with Crippen molar-refractivity contribution in [1.82, 2.24) is 4.31 Å². The van der Waals surface area contributed by atoms with Crippen LogP contribution in [0.3, 0.4) is 0 Å². The van der Waals surface area contributed by atoms with Crippen LogP contribution in [0.1, 0.15) is 38.2 Å². The molecule has 0 spiro atoms. The van der Waals surface area contributed by atoms with Crippen molar-refractivity contribution in [3.8, 4) is 0 Å². The third-order valence-corrected chi connectivity index (χ3v) is 6.63. The van der Waals surface area contributed by atoms with Gasteiger partial charge in [-0.15, -0.1) is 0 Å². The summed E-state index contributed by atoms with van der Waals surface area (Å²) in [5.74, 6) is 0. The van der Waals surface area contributed by atoms with Crippen molar-refractivity contribution < 1.29 is 13.0 Å². The number of benzene rings is 1. The molecule has 0 aliphatic heterocycles. The number of rotatable bonds is 4. The molecular weight excluding hydrogens is 342 g/mol. The van der Waals surface area contributed by atoms with E-state index in [1.54, 1.807) is 0 Å². The summed E-state index contributed by atoms with van der Waals surface area (Å²) >= 11 is 3.60. The highest BCUT2D eigenvalue weighted by atomic mass is 79.9. The predicted molar refractivity (Wildman–Crippen MR) is 83.1 cm³/mol. The minimum atomic E-state index is -4.25. The molecule has 0 radical (unpaired) electrons. The minimum Gasteiger partial charge on any atom is -0.273 e. The van der Waals surface area contributed by atoms with E-state index < -0.39 is 15.8 Å². The standard InChI is InChI=1S/C14H20BrNO3S/c1-14(10-6-5-9-13(14)15)16(20(17,18)19)11-12-7-3-2-4-8-12/h2-4,7-8,13H,5-6,9-11H2,1H3,(H,17,18,19). The summed E-state index contributed by atoms with van der Waals surface area (Å²) in [6.07, 6.45) is 3.71. The number of alkyl halides is 1. The van der Waals surface area contributed by atoms with Crippen LogP contribution in [0, 0.1) is 0 Å². The lowest BCUT2D eigenvalue weighted by molar-refractivity contribution is 0.139. The highest BCUT2D eigenvalue weighted by Crippen LogP contribution is 2.40. The molecule has 0 bridgehead atoms. The Bertz CT molecular complexity index is 549. The largest absolute Gasteiger partial charge is 0.336 e. The maximum Gasteiger partial charge on any atom is 0.336 e. The van der Waals surface area contributed by atoms with E-state index in [0.29, 0.717) is 0 Å². The van der Waals surface area contributed by atoms with Crippen LogP contribution in [-0.4, -0.2) is 27.6 Å². The normalized spacial score (nSPS) is 27.7. The van der Waals surface area contributed by atoms with E-state index >= 15 is 0 Å². The molecule has 4 nitrogen and oxygen atoms in total. The second kappa shape index (κ2) is 6.13. The first-order chi connectivity index (χ1) is 9.34. The molecule has 6 heteroatoms. The van der Waals surface area contributed by atoms with Gasteiger partial charge in [0.25, 0.3) is 0 Å². The van der Waals surface area contributed by atoms with Gasteiger partial charge >= 0.3 is 10.3 Å². The lowest BCUT2D eigenvalue weighted by atomic mass is 9.83. The Morgan fingerprint density at radius 3 is 2.55 bits per heavy atom. The number of hydrogen-bond donors (Lipinski definition) is 1. The van der Waals surface area contributed by atoms with Crippen LogP contribution in [0.25, 0.3) is 0 Å². The topological polar surface area (TPSA) is 57.6 Å². The van der Waals surface area contributed by atoms with Gasteiger partial charge in [-0.25, -0.2) is 0 Å². The lowest BCUT2D eigenvalue weighted by Crippen LogP contribution is -2.55. The van der Waals surface area contributed by atoms with E-state index in [9.17, 15) is 13.0 Å². The fourth-order valence-corrected chi connectivity index (χ4v) is 4.82. The average Bonchev–Trinajstić information content (AvgIpc) is 2.39. The van der Waals surface area contributed by atoms with Gasteiger partial charge in [0.15, 0.2) is 0 Å². The van der Waals surface area contributed by atoms with Gasteiger partial charge in [-0.05, 0) is 25.3 Å². The van der Waals surface area contributed by atoms with Crippen LogP contribution in [-0.2, 0) is 16.8 Å². The number of halogens is 1. The maximum atomic E-state index is 11.8. The van der Waals surface area contributed by atoms with E-state index in [0.717, 1.165) is 31.2 Å². The average molecular weight is 362 g/mol. The van der Waals surface area contributed by atoms with Crippen LogP contribution in [0.2, 0.25) is 0 Å². The molecule has 2 unspecified atom stereocenters. The van der Waals surface area contributed by atoms with E-state index in [4.69, 9.17) is 0 Å². The minimum absolute atomic E-state index is 0.0504. The Balaban J connectivity index is 2.33. The van der Waals surface area contributed by atoms with Crippen LogP contribution in [0.5, 0.6) is 0 Å². The Morgan fingerprint density at radius 2 is 2.00 bits per heavy atom. The van der Waals surface area contributed by atoms with Crippen molar-refractivity contribution >= 4 is 26.2 Å². The van der Waals surface area contributed by atoms with Gasteiger partial charge < -0.3 is 0 Å². The molecule has 112 valence electrons. The summed E-state index contributed by atoms with van der Waals surface area (Å²) < 4.78 is 34.6. The molecule has 1 aromatic carbocycles. The number of hydrogen-bond acceptors (Lipinski definition) is 2. The van der Waals surface area contributed by atoms with Crippen LogP contribution >= 0.6 is 15.9 Å². The van der Waals surface area contributed by atoms with E-state index in [1.165, 1.54) is 4.31 Å². The smallest absolute Gasteiger partial charge is 0.273 e. The molecule has 2 rings (SSSR count). The molecule has 0 aromatic heterocycles. The van der Waals surface area contributed by atoms with Gasteiger partial charge in [0.05, 0.1) is 0 Å². The second-order valence-corrected chi connectivity index (χ2v) is 7.98. The van der Waals surface area contributed by atoms with Gasteiger partial charge in [-0.2, -0.15) is 12.7 Å². The summed E-state index contributed by atoms with van der Waals surface area (Å²) in [5, 5.41) is 0. The molecule has 1 fully saturated rings. The highest BCUT2D eigenvalue weighted by Gasteiger charge is 2.45. The van der Waals surface area contributed by atoms with Gasteiger partial charge in [-0.3, -0.25) is 4.55 Å². The SMILES string of the molecule is CC1(N(Cc2ccccc2)S(=O)(=O)O)CCCCC1Br. The van der Waals surface area contributed by atoms with Crippen molar-refractivity contribution in [3.63, 3.8) is 0 Å². The molecule has 1 aliphatic rings. The van der Waals surface area contributed by atoms with Gasteiger partial charge in [0.1, 0.15) is 0 Å². The molecule has 1 N–H and O–H groups in total. The molecule has 0 saturated heterocycles. The fourth-order valence-electron chi connectivity index (χ4n) is 2.83. The molecular formula is C14H20BrNO3S. The molecule has 0 amide bonds. The molecule has 2 atom stereocenters. The van der Waals surface area contributed by atoms with Crippen molar-refractivity contribution in [2.45, 2.75) is 49.5 Å². The molecule has 1 aliphatic carbocycles. The Labute approximate surface area is 129 Å². The van der Waals surface area contributed by atoms with E-state index in [2.05, 4.69) is 15.9 Å². The van der Waals surface area contributed by atoms with Crippen molar-refractivity contribution in [1.29, 1.82) is 0 Å². The number of nitrogens with zero attached hydrogens (tertiary/aromatic N) is 1. The van der Waals surface area contributed by atoms with E-state index in [1.807, 2.05) is 37.3 Å². The van der Waals surface area contributed by atoms with Gasteiger partial charge in [0.2, 0.25) is 0 Å². The first-order valence-corrected chi connectivity index (χ1v) is 9.08. The van der Waals surface area contributed by atoms with Crippen LogP contribution in [0.4, 0.5) is 0 Å². The summed E-state index contributed by atoms with van der Waals surface area (Å²) in [5.41, 5.74) is 0.276. The summed E-state index contributed by atoms with van der Waals surface area (Å²) in [6.45, 7) is 2.10. The van der Waals surface area contributed by atoms with Crippen LogP contribution in [0.15, 0.2) is 30.3 Å². The molecule has 0 heterocycles. The Kier molecular flexibility index (Phi) is 4.89. The third-order valence-electron chi connectivity index (χ3n) is 4.08. The monoisotopic (exact) mass is 361 g/mol. The van der Waals surface area contributed by atoms with Gasteiger partial charge in [-0.1, -0.05) is 59.1 Å². The molecule has 1 aromatic rings. The van der Waals surface area contributed by atoms with Gasteiger partial charge in [0, 0.05) is 16.9 Å². The third kappa shape index (κ3) is 3.42. The van der Waals surface area contributed by atoms with Crippen molar-refractivity contribution in [2.24, 2.45) is 0 Å². The molecule has 20 heavy (non-hydrogen) atoms. The Morgan fingerprint density at radius 1 is 1.35 bits per heavy atom. The highest BCUT2D eigenvalue weighted by molar-refractivity contribution is 9.09. The fraction of sp³-hybridized carbons (Fsp3) is 0.571. The van der Waals surface area contributed by atoms with Crippen molar-refractivity contribution in [2.75, 3.05) is 0 Å². The quantitative estimate of drug-likeness (QED) is 0.660. The zero-order valence-electron chi connectivity index (χ0n) is 11.5. The van der Waals surface area contributed by atoms with Crippen LogP contribution < -0.4 is 0 Å². The Hall–Kier alpha value is -0.430. The maximum absolute atomic E-state index is 11.8. The van der Waals surface area contributed by atoms with Crippen molar-refractivity contribution in [3.05, 3.63) is 35.9 Å². The lowest BCUT2D eigenvalue weighted by Gasteiger charge is -2.45. The summed E-state index contributed by atoms with van der Waals surface area (Å²) in [6, 6.07) is 9.36. The molecule has 1 saturated carbocycles. The summed E-state index contributed by atoms with van der Waals surface area (Å²) in [4.78, 5) is 0.0504. The zero-order valence-corrected chi connectivity index (χ0v) is 13.9. The first-order valence-electron chi connectivity index (χ1n) is 6.77. The second-order valence-electron chi connectivity index (χ2n) is 5.54. The zero-order chi connectivity index (χ0) is 14.8.